The number of aromatic nitrogens is 3. The van der Waals surface area contributed by atoms with E-state index in [1.165, 1.54) is 18.2 Å². The van der Waals surface area contributed by atoms with E-state index in [9.17, 15) is 40.6 Å². The lowest BCUT2D eigenvalue weighted by atomic mass is 9.86. The van der Waals surface area contributed by atoms with E-state index in [-0.39, 0.29) is 57.2 Å². The first-order valence-corrected chi connectivity index (χ1v) is 20.9. The molecule has 4 heterocycles. The molecular weight excluding hydrogens is 797 g/mol. The lowest BCUT2D eigenvalue weighted by Gasteiger charge is -2.29. The first-order valence-electron chi connectivity index (χ1n) is 18.0. The largest absolute Gasteiger partial charge is 0.478 e. The summed E-state index contributed by atoms with van der Waals surface area (Å²) in [6, 6.07) is 6.97. The smallest absolute Gasteiger partial charge is 0.336 e. The average molecular weight is 833 g/mol. The van der Waals surface area contributed by atoms with Crippen LogP contribution in [0, 0.1) is 0 Å². The van der Waals surface area contributed by atoms with Gasteiger partial charge in [-0.1, -0.05) is 28.5 Å². The molecule has 3 aromatic carbocycles. The number of carbonyl (C=O) groups is 2. The minimum absolute atomic E-state index is 0.0112. The highest BCUT2D eigenvalue weighted by molar-refractivity contribution is 7.86. The molecule has 6 N–H and O–H groups in total. The van der Waals surface area contributed by atoms with Crippen molar-refractivity contribution in [2.45, 2.75) is 48.6 Å². The Labute approximate surface area is 330 Å². The highest BCUT2D eigenvalue weighted by Gasteiger charge is 2.37. The molecule has 0 radical (unpaired) electrons. The zero-order valence-corrected chi connectivity index (χ0v) is 32.2. The van der Waals surface area contributed by atoms with Gasteiger partial charge in [-0.25, -0.2) is 4.79 Å². The summed E-state index contributed by atoms with van der Waals surface area (Å²) >= 11 is 0. The number of azide groups is 1. The topological polar surface area (TPSA) is 300 Å². The third kappa shape index (κ3) is 8.14. The van der Waals surface area contributed by atoms with Crippen LogP contribution in [0.25, 0.3) is 22.1 Å². The van der Waals surface area contributed by atoms with Gasteiger partial charge in [0.2, 0.25) is 0 Å². The van der Waals surface area contributed by atoms with E-state index < -0.39 is 59.0 Å². The highest BCUT2D eigenvalue weighted by Crippen LogP contribution is 2.48. The predicted molar refractivity (Wildman–Crippen MR) is 206 cm³/mol. The Morgan fingerprint density at radius 1 is 1.03 bits per heavy atom. The van der Waals surface area contributed by atoms with Gasteiger partial charge in [-0.15, -0.1) is 5.10 Å². The molecule has 3 aliphatic rings. The number of carboxylic acids is 1. The van der Waals surface area contributed by atoms with Gasteiger partial charge in [-0.3, -0.25) is 23.6 Å². The second-order valence-corrected chi connectivity index (χ2v) is 16.2. The van der Waals surface area contributed by atoms with Crippen LogP contribution >= 0.6 is 0 Å². The third-order valence-electron chi connectivity index (χ3n) is 9.59. The van der Waals surface area contributed by atoms with Crippen LogP contribution in [0.5, 0.6) is 11.5 Å². The Hall–Kier alpha value is -6.16. The number of carbonyl (C=O) groups excluding carboxylic acids is 1. The standard InChI is InChI=1S/C36H36N10O10S2/c37-44-42-13-3-9-38-18-23-19-46(45-43-23)14-4-12-41-35(47)22-7-8-24(25(17-22)36(48)49)28-26-15-20-5-1-10-39-29(20)33(57(50,51)52)31(26)56-32-27(28)16-21-6-2-11-40-30(21)34(32)58(53,54)55/h1,5,7-8,15-17,19,38,40H,2-4,6,9-14,18H2,(H,41,47)(H,48,49)(H,50,51,52)(H,53,54,55). The lowest BCUT2D eigenvalue weighted by Crippen LogP contribution is -2.31. The van der Waals surface area contributed by atoms with Crippen LogP contribution < -0.4 is 31.3 Å². The number of ether oxygens (including phenoxy) is 1. The summed E-state index contributed by atoms with van der Waals surface area (Å²) in [6.45, 7) is 2.52. The summed E-state index contributed by atoms with van der Waals surface area (Å²) in [4.78, 5) is 31.9. The van der Waals surface area contributed by atoms with Crippen LogP contribution in [0.2, 0.25) is 0 Å². The molecule has 0 saturated heterocycles. The van der Waals surface area contributed by atoms with Gasteiger partial charge in [0, 0.05) is 71.3 Å². The van der Waals surface area contributed by atoms with E-state index >= 15 is 0 Å². The lowest BCUT2D eigenvalue weighted by molar-refractivity contribution is 0.0696. The van der Waals surface area contributed by atoms with Crippen molar-refractivity contribution in [1.29, 1.82) is 0 Å². The van der Waals surface area contributed by atoms with Crippen LogP contribution in [0.3, 0.4) is 0 Å². The fraction of sp³-hybridized carbons (Fsp3) is 0.306. The summed E-state index contributed by atoms with van der Waals surface area (Å²) in [5.74, 6) is -3.07. The molecule has 0 unspecified atom stereocenters. The summed E-state index contributed by atoms with van der Waals surface area (Å²) in [5.41, 5.74) is 9.41. The van der Waals surface area contributed by atoms with E-state index in [0.717, 1.165) is 6.07 Å². The summed E-state index contributed by atoms with van der Waals surface area (Å²) < 4.78 is 81.1. The number of aromatic carboxylic acids is 1. The number of carboxylic acid groups (broad SMARTS) is 1. The zero-order valence-electron chi connectivity index (χ0n) is 30.5. The SMILES string of the molecule is [N-]=[N+]=NCCCNCc1cn(CCCNC(=O)c2ccc(C3=c4cc5c(c(S(=O)(=O)O)c4Oc4c3cc3c(c4S(=O)(=O)O)NCCC3)=NCC=C5)c(C(=O)O)c2)nn1. The van der Waals surface area contributed by atoms with Crippen molar-refractivity contribution in [2.75, 3.05) is 38.0 Å². The number of nitrogens with zero attached hydrogens (tertiary/aromatic N) is 7. The number of fused-ring (bicyclic) bond motifs is 4. The Balaban J connectivity index is 1.25. The molecular formula is C36H36N10O10S2. The highest BCUT2D eigenvalue weighted by atomic mass is 32.2. The zero-order chi connectivity index (χ0) is 41.2. The molecule has 7 rings (SSSR count). The van der Waals surface area contributed by atoms with E-state index in [1.807, 2.05) is 0 Å². The first kappa shape index (κ1) is 40.1. The Bertz CT molecular complexity index is 2800. The quantitative estimate of drug-likeness (QED) is 0.0290. The molecule has 1 amide bonds. The van der Waals surface area contributed by atoms with Crippen LogP contribution in [-0.2, 0) is 39.7 Å². The maximum atomic E-state index is 13.3. The van der Waals surface area contributed by atoms with Crippen molar-refractivity contribution in [3.63, 3.8) is 0 Å². The molecule has 0 spiro atoms. The number of aryl methyl sites for hydroxylation is 2. The van der Waals surface area contributed by atoms with Gasteiger partial charge >= 0.3 is 5.97 Å². The second-order valence-electron chi connectivity index (χ2n) is 13.5. The van der Waals surface area contributed by atoms with Crippen molar-refractivity contribution in [1.82, 2.24) is 25.6 Å². The number of hydrogen-bond donors (Lipinski definition) is 6. The summed E-state index contributed by atoms with van der Waals surface area (Å²) in [7, 11) is -10.2. The molecule has 3 aliphatic heterocycles. The molecule has 22 heteroatoms. The maximum absolute atomic E-state index is 13.3. The molecule has 0 saturated carbocycles. The van der Waals surface area contributed by atoms with Crippen molar-refractivity contribution < 1.29 is 45.4 Å². The normalized spacial score (nSPS) is 14.1. The number of nitrogens with one attached hydrogen (secondary N) is 3. The minimum Gasteiger partial charge on any atom is -0.478 e. The Kier molecular flexibility index (Phi) is 11.3. The Morgan fingerprint density at radius 2 is 1.84 bits per heavy atom. The van der Waals surface area contributed by atoms with E-state index in [1.54, 1.807) is 29.1 Å². The van der Waals surface area contributed by atoms with E-state index in [4.69, 9.17) is 10.3 Å². The van der Waals surface area contributed by atoms with Crippen molar-refractivity contribution >= 4 is 49.4 Å². The van der Waals surface area contributed by atoms with Crippen LogP contribution in [0.1, 0.15) is 67.9 Å². The van der Waals surface area contributed by atoms with Crippen LogP contribution in [0.15, 0.2) is 62.5 Å². The number of rotatable bonds is 15. The number of benzene rings is 3. The fourth-order valence-electron chi connectivity index (χ4n) is 7.13. The number of hydrogen-bond acceptors (Lipinski definition) is 13. The molecule has 302 valence electrons. The molecule has 1 aromatic heterocycles. The second kappa shape index (κ2) is 16.4. The molecule has 0 aliphatic carbocycles. The van der Waals surface area contributed by atoms with Crippen LogP contribution in [-0.4, -0.2) is 90.6 Å². The summed E-state index contributed by atoms with van der Waals surface area (Å²) in [5, 5.41) is 31.0. The van der Waals surface area contributed by atoms with Crippen LogP contribution in [0.4, 0.5) is 5.69 Å². The minimum atomic E-state index is -5.13. The van der Waals surface area contributed by atoms with Crippen molar-refractivity contribution in [2.24, 2.45) is 10.1 Å². The van der Waals surface area contributed by atoms with Gasteiger partial charge in [0.1, 0.15) is 0 Å². The molecule has 0 atom stereocenters. The average Bonchev–Trinajstić information content (AvgIpc) is 3.64. The van der Waals surface area contributed by atoms with Gasteiger partial charge in [0.25, 0.3) is 26.1 Å². The van der Waals surface area contributed by atoms with E-state index in [2.05, 4.69) is 41.3 Å². The van der Waals surface area contributed by atoms with Gasteiger partial charge in [0.15, 0.2) is 21.3 Å². The van der Waals surface area contributed by atoms with Gasteiger partial charge in [0.05, 0.1) is 28.8 Å². The third-order valence-corrected chi connectivity index (χ3v) is 11.4. The van der Waals surface area contributed by atoms with Crippen molar-refractivity contribution in [3.05, 3.63) is 103 Å². The predicted octanol–water partition coefficient (Wildman–Crippen LogP) is 2.44. The molecule has 0 fully saturated rings. The maximum Gasteiger partial charge on any atom is 0.336 e. The van der Waals surface area contributed by atoms with E-state index in [0.29, 0.717) is 69.7 Å². The van der Waals surface area contributed by atoms with Crippen molar-refractivity contribution in [3.8, 4) is 11.5 Å². The van der Waals surface area contributed by atoms with Gasteiger partial charge in [-0.2, -0.15) is 16.8 Å². The first-order chi connectivity index (χ1) is 27.8. The van der Waals surface area contributed by atoms with Gasteiger partial charge in [-0.05, 0) is 73.2 Å². The van der Waals surface area contributed by atoms with Gasteiger partial charge < -0.3 is 25.8 Å². The summed E-state index contributed by atoms with van der Waals surface area (Å²) in [6.07, 6.45) is 7.09. The molecule has 20 nitrogen and oxygen atoms in total. The number of anilines is 1. The molecule has 0 bridgehead atoms. The number of amides is 1. The molecule has 58 heavy (non-hydrogen) atoms. The molecule has 4 aromatic rings. The monoisotopic (exact) mass is 832 g/mol. The fourth-order valence-corrected chi connectivity index (χ4v) is 8.79. The Morgan fingerprint density at radius 3 is 2.60 bits per heavy atom.